The van der Waals surface area contributed by atoms with Gasteiger partial charge in [0.25, 0.3) is 0 Å². The van der Waals surface area contributed by atoms with Crippen molar-refractivity contribution >= 4 is 5.82 Å². The Morgan fingerprint density at radius 1 is 1.38 bits per heavy atom. The molecule has 0 aromatic carbocycles. The summed E-state index contributed by atoms with van der Waals surface area (Å²) in [5, 5.41) is 3.25. The highest BCUT2D eigenvalue weighted by atomic mass is 16.5. The van der Waals surface area contributed by atoms with E-state index in [2.05, 4.69) is 20.3 Å². The Kier molecular flexibility index (Phi) is 4.25. The lowest BCUT2D eigenvalue weighted by Gasteiger charge is -2.12. The molecule has 2 aromatic rings. The molecule has 0 radical (unpaired) electrons. The number of nitrogens with one attached hydrogen (secondary N) is 1. The van der Waals surface area contributed by atoms with E-state index >= 15 is 0 Å². The van der Waals surface area contributed by atoms with Gasteiger partial charge in [0.1, 0.15) is 11.9 Å². The second-order valence-electron chi connectivity index (χ2n) is 4.83. The average Bonchev–Trinajstić information content (AvgIpc) is 3.08. The summed E-state index contributed by atoms with van der Waals surface area (Å²) in [5.41, 5.74) is 0.953. The summed E-state index contributed by atoms with van der Waals surface area (Å²) in [5.74, 6) is 1.94. The van der Waals surface area contributed by atoms with Crippen LogP contribution in [0.25, 0.3) is 0 Å². The van der Waals surface area contributed by atoms with Gasteiger partial charge in [-0.1, -0.05) is 6.07 Å². The maximum absolute atomic E-state index is 5.64. The SMILES string of the molecule is COc1cc(NCc2ccccn2)nc(C2CCCO2)n1. The molecule has 3 heterocycles. The molecule has 6 heteroatoms. The van der Waals surface area contributed by atoms with Gasteiger partial charge in [0.15, 0.2) is 5.82 Å². The van der Waals surface area contributed by atoms with E-state index in [0.29, 0.717) is 18.2 Å². The summed E-state index contributed by atoms with van der Waals surface area (Å²) < 4.78 is 10.9. The zero-order valence-corrected chi connectivity index (χ0v) is 12.0. The van der Waals surface area contributed by atoms with Crippen molar-refractivity contribution in [3.8, 4) is 5.88 Å². The fourth-order valence-electron chi connectivity index (χ4n) is 2.25. The molecule has 1 aliphatic rings. The van der Waals surface area contributed by atoms with Crippen LogP contribution in [0.1, 0.15) is 30.5 Å². The predicted molar refractivity (Wildman–Crippen MR) is 78.1 cm³/mol. The van der Waals surface area contributed by atoms with Gasteiger partial charge in [-0.2, -0.15) is 4.98 Å². The maximum Gasteiger partial charge on any atom is 0.218 e. The lowest BCUT2D eigenvalue weighted by molar-refractivity contribution is 0.104. The van der Waals surface area contributed by atoms with Crippen LogP contribution < -0.4 is 10.1 Å². The Labute approximate surface area is 123 Å². The number of pyridine rings is 1. The van der Waals surface area contributed by atoms with Crippen molar-refractivity contribution < 1.29 is 9.47 Å². The molecule has 0 bridgehead atoms. The quantitative estimate of drug-likeness (QED) is 0.910. The molecule has 21 heavy (non-hydrogen) atoms. The van der Waals surface area contributed by atoms with Crippen LogP contribution >= 0.6 is 0 Å². The molecular weight excluding hydrogens is 268 g/mol. The molecule has 0 amide bonds. The second kappa shape index (κ2) is 6.49. The van der Waals surface area contributed by atoms with Crippen LogP contribution in [0.2, 0.25) is 0 Å². The molecule has 1 saturated heterocycles. The number of methoxy groups -OCH3 is 1. The summed E-state index contributed by atoms with van der Waals surface area (Å²) in [7, 11) is 1.60. The summed E-state index contributed by atoms with van der Waals surface area (Å²) >= 11 is 0. The number of aromatic nitrogens is 3. The van der Waals surface area contributed by atoms with E-state index in [1.807, 2.05) is 18.2 Å². The van der Waals surface area contributed by atoms with Crippen molar-refractivity contribution in [1.82, 2.24) is 15.0 Å². The minimum atomic E-state index is -0.0319. The minimum Gasteiger partial charge on any atom is -0.481 e. The van der Waals surface area contributed by atoms with Gasteiger partial charge in [0.05, 0.1) is 19.3 Å². The van der Waals surface area contributed by atoms with Gasteiger partial charge in [-0.3, -0.25) is 4.98 Å². The monoisotopic (exact) mass is 286 g/mol. The zero-order chi connectivity index (χ0) is 14.5. The van der Waals surface area contributed by atoms with Gasteiger partial charge in [-0.25, -0.2) is 4.98 Å². The lowest BCUT2D eigenvalue weighted by Crippen LogP contribution is -2.09. The molecule has 1 aliphatic heterocycles. The van der Waals surface area contributed by atoms with Crippen molar-refractivity contribution in [2.24, 2.45) is 0 Å². The van der Waals surface area contributed by atoms with Gasteiger partial charge >= 0.3 is 0 Å². The van der Waals surface area contributed by atoms with Crippen LogP contribution in [-0.4, -0.2) is 28.7 Å². The first kappa shape index (κ1) is 13.8. The molecule has 1 atom stereocenters. The minimum absolute atomic E-state index is 0.0319. The number of hydrogen-bond acceptors (Lipinski definition) is 6. The van der Waals surface area contributed by atoms with Gasteiger partial charge < -0.3 is 14.8 Å². The van der Waals surface area contributed by atoms with Gasteiger partial charge in [-0.05, 0) is 25.0 Å². The van der Waals surface area contributed by atoms with Crippen molar-refractivity contribution in [2.45, 2.75) is 25.5 Å². The summed E-state index contributed by atoms with van der Waals surface area (Å²) in [6, 6.07) is 7.60. The molecule has 3 rings (SSSR count). The van der Waals surface area contributed by atoms with Gasteiger partial charge in [0.2, 0.25) is 5.88 Å². The van der Waals surface area contributed by atoms with E-state index in [0.717, 1.165) is 31.0 Å². The first-order chi connectivity index (χ1) is 10.3. The van der Waals surface area contributed by atoms with Crippen molar-refractivity contribution in [3.63, 3.8) is 0 Å². The van der Waals surface area contributed by atoms with Crippen LogP contribution in [0.15, 0.2) is 30.5 Å². The lowest BCUT2D eigenvalue weighted by atomic mass is 10.2. The smallest absolute Gasteiger partial charge is 0.218 e. The van der Waals surface area contributed by atoms with Crippen LogP contribution in [0.3, 0.4) is 0 Å². The summed E-state index contributed by atoms with van der Waals surface area (Å²) in [6.07, 6.45) is 3.74. The first-order valence-corrected chi connectivity index (χ1v) is 7.03. The van der Waals surface area contributed by atoms with E-state index in [9.17, 15) is 0 Å². The fraction of sp³-hybridized carbons (Fsp3) is 0.400. The third-order valence-corrected chi connectivity index (χ3v) is 3.32. The maximum atomic E-state index is 5.64. The molecule has 0 spiro atoms. The number of nitrogens with zero attached hydrogens (tertiary/aromatic N) is 3. The Balaban J connectivity index is 1.75. The predicted octanol–water partition coefficient (Wildman–Crippen LogP) is 2.34. The normalized spacial score (nSPS) is 17.7. The largest absolute Gasteiger partial charge is 0.481 e. The van der Waals surface area contributed by atoms with Crippen LogP contribution in [0.4, 0.5) is 5.82 Å². The average molecular weight is 286 g/mol. The van der Waals surface area contributed by atoms with Crippen LogP contribution in [-0.2, 0) is 11.3 Å². The topological polar surface area (TPSA) is 69.2 Å². The van der Waals surface area contributed by atoms with Gasteiger partial charge in [0, 0.05) is 18.9 Å². The number of rotatable bonds is 5. The molecule has 2 aromatic heterocycles. The fourth-order valence-corrected chi connectivity index (χ4v) is 2.25. The number of hydrogen-bond donors (Lipinski definition) is 1. The third-order valence-electron chi connectivity index (χ3n) is 3.32. The second-order valence-corrected chi connectivity index (χ2v) is 4.83. The summed E-state index contributed by atoms with van der Waals surface area (Å²) in [6.45, 7) is 1.37. The first-order valence-electron chi connectivity index (χ1n) is 7.03. The summed E-state index contributed by atoms with van der Waals surface area (Å²) in [4.78, 5) is 13.2. The molecular formula is C15H18N4O2. The van der Waals surface area contributed by atoms with Crippen molar-refractivity contribution in [2.75, 3.05) is 19.0 Å². The molecule has 1 N–H and O–H groups in total. The van der Waals surface area contributed by atoms with E-state index in [-0.39, 0.29) is 6.10 Å². The molecule has 1 unspecified atom stereocenters. The van der Waals surface area contributed by atoms with E-state index in [1.165, 1.54) is 0 Å². The van der Waals surface area contributed by atoms with Crippen molar-refractivity contribution in [3.05, 3.63) is 42.0 Å². The Bertz CT molecular complexity index is 585. The molecule has 1 fully saturated rings. The highest BCUT2D eigenvalue weighted by Crippen LogP contribution is 2.28. The Morgan fingerprint density at radius 3 is 3.05 bits per heavy atom. The van der Waals surface area contributed by atoms with Crippen molar-refractivity contribution in [1.29, 1.82) is 0 Å². The van der Waals surface area contributed by atoms with Crippen LogP contribution in [0, 0.1) is 0 Å². The van der Waals surface area contributed by atoms with E-state index in [1.54, 1.807) is 19.4 Å². The molecule has 110 valence electrons. The molecule has 0 saturated carbocycles. The third kappa shape index (κ3) is 3.46. The molecule has 0 aliphatic carbocycles. The van der Waals surface area contributed by atoms with E-state index in [4.69, 9.17) is 9.47 Å². The van der Waals surface area contributed by atoms with Gasteiger partial charge in [-0.15, -0.1) is 0 Å². The zero-order valence-electron chi connectivity index (χ0n) is 12.0. The highest BCUT2D eigenvalue weighted by molar-refractivity contribution is 5.39. The Morgan fingerprint density at radius 2 is 2.33 bits per heavy atom. The van der Waals surface area contributed by atoms with Crippen LogP contribution in [0.5, 0.6) is 5.88 Å². The standard InChI is InChI=1S/C15H18N4O2/c1-20-14-9-13(17-10-11-5-2-3-7-16-11)18-15(19-14)12-6-4-8-21-12/h2-3,5,7,9,12H,4,6,8,10H2,1H3,(H,17,18,19). The highest BCUT2D eigenvalue weighted by Gasteiger charge is 2.21. The number of ether oxygens (including phenoxy) is 2. The molecule has 6 nitrogen and oxygen atoms in total. The van der Waals surface area contributed by atoms with E-state index < -0.39 is 0 Å². The number of anilines is 1. The Hall–Kier alpha value is -2.21.